The lowest BCUT2D eigenvalue weighted by atomic mass is 9.72. The van der Waals surface area contributed by atoms with Crippen molar-refractivity contribution in [2.75, 3.05) is 6.67 Å². The van der Waals surface area contributed by atoms with Gasteiger partial charge in [0.05, 0.1) is 0 Å². The number of nitrogens with zero attached hydrogens (tertiary/aromatic N) is 2. The van der Waals surface area contributed by atoms with Crippen LogP contribution in [0.25, 0.3) is 33.6 Å². The summed E-state index contributed by atoms with van der Waals surface area (Å²) in [5.74, 6) is 0.323. The predicted molar refractivity (Wildman–Crippen MR) is 115 cm³/mol. The van der Waals surface area contributed by atoms with Crippen LogP contribution in [0.15, 0.2) is 70.1 Å². The van der Waals surface area contributed by atoms with E-state index in [1.807, 2.05) is 24.3 Å². The van der Waals surface area contributed by atoms with Crippen LogP contribution in [0.2, 0.25) is 0 Å². The summed E-state index contributed by atoms with van der Waals surface area (Å²) in [6.07, 6.45) is 3.53. The zero-order valence-corrected chi connectivity index (χ0v) is 17.0. The minimum atomic E-state index is -4.01. The van der Waals surface area contributed by atoms with Gasteiger partial charge in [-0.15, -0.1) is 0 Å². The summed E-state index contributed by atoms with van der Waals surface area (Å²) in [5, 5.41) is -0.125. The third-order valence-electron chi connectivity index (χ3n) is 6.16. The lowest BCUT2D eigenvalue weighted by Gasteiger charge is -2.38. The highest BCUT2D eigenvalue weighted by molar-refractivity contribution is 5.99. The molecule has 2 N–H and O–H groups in total. The lowest BCUT2D eigenvalue weighted by Crippen LogP contribution is -2.43. The average Bonchev–Trinajstić information content (AvgIpc) is 3.19. The molecule has 0 radical (unpaired) electrons. The normalized spacial score (nSPS) is 15.6. The molecule has 1 saturated carbocycles. The van der Waals surface area contributed by atoms with E-state index in [1.165, 1.54) is 0 Å². The summed E-state index contributed by atoms with van der Waals surface area (Å²) in [4.78, 5) is 16.9. The molecule has 5 nitrogen and oxygen atoms in total. The molecule has 8 heteroatoms. The Bertz CT molecular complexity index is 1340. The van der Waals surface area contributed by atoms with E-state index in [4.69, 9.17) is 10.2 Å². The topological polar surface area (TPSA) is 74.0 Å². The molecular formula is C24H20F3N3O2. The Hall–Kier alpha value is -3.39. The van der Waals surface area contributed by atoms with Crippen LogP contribution in [0.3, 0.4) is 0 Å². The maximum absolute atomic E-state index is 14.0. The predicted octanol–water partition coefficient (Wildman–Crippen LogP) is 5.18. The lowest BCUT2D eigenvalue weighted by molar-refractivity contribution is -0.102. The molecular weight excluding hydrogens is 419 g/mol. The van der Waals surface area contributed by atoms with Gasteiger partial charge < -0.3 is 10.2 Å². The van der Waals surface area contributed by atoms with Gasteiger partial charge in [-0.05, 0) is 30.4 Å². The van der Waals surface area contributed by atoms with E-state index in [-0.39, 0.29) is 21.2 Å². The molecule has 4 aromatic rings. The van der Waals surface area contributed by atoms with Gasteiger partial charge in [-0.2, -0.15) is 8.78 Å². The number of rotatable bonds is 5. The molecule has 0 unspecified atom stereocenters. The fourth-order valence-corrected chi connectivity index (χ4v) is 4.17. The molecule has 2 heterocycles. The van der Waals surface area contributed by atoms with Gasteiger partial charge in [-0.1, -0.05) is 54.6 Å². The molecule has 1 aliphatic carbocycles. The van der Waals surface area contributed by atoms with Crippen LogP contribution in [0.4, 0.5) is 13.2 Å². The number of nitrogens with two attached hydrogens (primary N) is 1. The number of hydrogen-bond donors (Lipinski definition) is 1. The zero-order chi connectivity index (χ0) is 22.5. The van der Waals surface area contributed by atoms with Crippen molar-refractivity contribution >= 4 is 11.1 Å². The number of fused-ring (bicyclic) bond motifs is 1. The fraction of sp³-hybridized carbons (Fsp3) is 0.250. The summed E-state index contributed by atoms with van der Waals surface area (Å²) < 4.78 is 46.9. The zero-order valence-electron chi connectivity index (χ0n) is 17.0. The molecule has 1 aliphatic rings. The van der Waals surface area contributed by atoms with Crippen LogP contribution in [0, 0.1) is 0 Å². The molecule has 0 atom stereocenters. The van der Waals surface area contributed by atoms with Crippen molar-refractivity contribution < 1.29 is 17.6 Å². The van der Waals surface area contributed by atoms with Crippen LogP contribution >= 0.6 is 0 Å². The Morgan fingerprint density at radius 1 is 1.06 bits per heavy atom. The minimum absolute atomic E-state index is 0.0128. The number of benzene rings is 2. The Kier molecular flexibility index (Phi) is 4.70. The minimum Gasteiger partial charge on any atom is -0.437 e. The van der Waals surface area contributed by atoms with Crippen LogP contribution < -0.4 is 11.3 Å². The largest absolute Gasteiger partial charge is 0.437 e. The molecule has 2 aromatic heterocycles. The summed E-state index contributed by atoms with van der Waals surface area (Å²) in [7, 11) is 0. The van der Waals surface area contributed by atoms with Crippen molar-refractivity contribution in [3.05, 3.63) is 76.8 Å². The van der Waals surface area contributed by atoms with Crippen LogP contribution in [0.5, 0.6) is 0 Å². The first-order valence-electron chi connectivity index (χ1n) is 10.3. The monoisotopic (exact) mass is 439 g/mol. The van der Waals surface area contributed by atoms with Crippen molar-refractivity contribution in [3.63, 3.8) is 0 Å². The highest BCUT2D eigenvalue weighted by Gasteiger charge is 2.36. The van der Waals surface area contributed by atoms with Crippen molar-refractivity contribution in [2.45, 2.75) is 30.8 Å². The maximum atomic E-state index is 14.0. The first-order chi connectivity index (χ1) is 15.3. The molecule has 0 saturated heterocycles. The van der Waals surface area contributed by atoms with Gasteiger partial charge in [0.1, 0.15) is 17.5 Å². The second-order valence-electron chi connectivity index (χ2n) is 8.16. The second-order valence-corrected chi connectivity index (χ2v) is 8.16. The van der Waals surface area contributed by atoms with Crippen molar-refractivity contribution in [1.29, 1.82) is 0 Å². The van der Waals surface area contributed by atoms with Crippen LogP contribution in [0.1, 0.15) is 24.8 Å². The van der Waals surface area contributed by atoms with Gasteiger partial charge in [0, 0.05) is 16.7 Å². The summed E-state index contributed by atoms with van der Waals surface area (Å²) >= 11 is 0. The van der Waals surface area contributed by atoms with Crippen LogP contribution in [-0.4, -0.2) is 16.2 Å². The molecule has 32 heavy (non-hydrogen) atoms. The smallest absolute Gasteiger partial charge is 0.361 e. The summed E-state index contributed by atoms with van der Waals surface area (Å²) in [5.41, 5.74) is 7.50. The summed E-state index contributed by atoms with van der Waals surface area (Å²) in [6, 6.07) is 12.3. The number of furan rings is 1. The maximum Gasteiger partial charge on any atom is 0.361 e. The van der Waals surface area contributed by atoms with Gasteiger partial charge in [0.2, 0.25) is 5.71 Å². The van der Waals surface area contributed by atoms with E-state index in [1.54, 1.807) is 30.3 Å². The third kappa shape index (κ3) is 3.14. The molecule has 5 rings (SSSR count). The van der Waals surface area contributed by atoms with E-state index < -0.39 is 18.3 Å². The fourth-order valence-electron chi connectivity index (χ4n) is 4.17. The summed E-state index contributed by atoms with van der Waals surface area (Å²) in [6.45, 7) is -2.02. The Morgan fingerprint density at radius 3 is 2.34 bits per heavy atom. The van der Waals surface area contributed by atoms with Gasteiger partial charge in [0.15, 0.2) is 6.67 Å². The molecule has 0 spiro atoms. The second kappa shape index (κ2) is 7.34. The van der Waals surface area contributed by atoms with Gasteiger partial charge in [-0.25, -0.2) is 13.9 Å². The van der Waals surface area contributed by atoms with E-state index in [9.17, 15) is 18.0 Å². The molecule has 2 aromatic carbocycles. The molecule has 164 valence electrons. The van der Waals surface area contributed by atoms with Crippen molar-refractivity contribution in [2.24, 2.45) is 5.73 Å². The van der Waals surface area contributed by atoms with Crippen LogP contribution in [-0.2, 0) is 11.6 Å². The first kappa shape index (κ1) is 20.5. The number of hydrogen-bond acceptors (Lipinski definition) is 4. The molecule has 0 bridgehead atoms. The SMILES string of the molecule is NC1(c2ccc(-c3oc4ncn(C(F)(F)CF)c(=O)c4c3-c3ccccc3)cc2)CCC1. The van der Waals surface area contributed by atoms with Crippen molar-refractivity contribution in [3.8, 4) is 22.5 Å². The molecule has 1 fully saturated rings. The third-order valence-corrected chi connectivity index (χ3v) is 6.16. The Labute approximate surface area is 181 Å². The van der Waals surface area contributed by atoms with E-state index >= 15 is 0 Å². The highest BCUT2D eigenvalue weighted by Crippen LogP contribution is 2.42. The number of aromatic nitrogens is 2. The van der Waals surface area contributed by atoms with E-state index in [2.05, 4.69) is 4.98 Å². The Balaban J connectivity index is 1.74. The van der Waals surface area contributed by atoms with Gasteiger partial charge in [0.25, 0.3) is 5.56 Å². The van der Waals surface area contributed by atoms with Crippen molar-refractivity contribution in [1.82, 2.24) is 9.55 Å². The first-order valence-corrected chi connectivity index (χ1v) is 10.3. The molecule has 0 amide bonds. The number of alkyl halides is 3. The highest BCUT2D eigenvalue weighted by atomic mass is 19.3. The quantitative estimate of drug-likeness (QED) is 0.465. The van der Waals surface area contributed by atoms with Gasteiger partial charge in [-0.3, -0.25) is 4.79 Å². The standard InChI is InChI=1S/C24H20F3N3O2/c25-13-24(26,27)30-14-29-21-19(22(30)31)18(15-5-2-1-3-6-15)20(32-21)16-7-9-17(10-8-16)23(28)11-4-12-23/h1-3,5-10,14H,4,11-13,28H2. The van der Waals surface area contributed by atoms with Gasteiger partial charge >= 0.3 is 6.05 Å². The Morgan fingerprint density at radius 2 is 1.75 bits per heavy atom. The molecule has 0 aliphatic heterocycles. The van der Waals surface area contributed by atoms with E-state index in [0.717, 1.165) is 24.8 Å². The van der Waals surface area contributed by atoms with E-state index in [0.29, 0.717) is 28.8 Å². The number of halogens is 3. The average molecular weight is 439 g/mol.